The zero-order chi connectivity index (χ0) is 20.9. The van der Waals surface area contributed by atoms with Gasteiger partial charge in [-0.3, -0.25) is 4.72 Å². The molecule has 4 fully saturated rings. The first kappa shape index (κ1) is 19.9. The van der Waals surface area contributed by atoms with E-state index in [9.17, 15) is 8.42 Å². The van der Waals surface area contributed by atoms with Crippen LogP contribution in [0, 0.1) is 17.8 Å². The number of ether oxygens (including phenoxy) is 1. The number of hydrogen-bond donors (Lipinski definition) is 2. The fraction of sp³-hybridized carbons (Fsp3) is 0.500. The van der Waals surface area contributed by atoms with Gasteiger partial charge in [0.05, 0.1) is 19.0 Å². The molecule has 1 aromatic carbocycles. The summed E-state index contributed by atoms with van der Waals surface area (Å²) in [4.78, 5) is 4.49. The third-order valence-corrected chi connectivity index (χ3v) is 8.50. The molecule has 6 nitrogen and oxygen atoms in total. The Hall–Kier alpha value is -1.99. The van der Waals surface area contributed by atoms with Crippen LogP contribution in [-0.2, 0) is 10.0 Å². The van der Waals surface area contributed by atoms with Crippen LogP contribution in [0.3, 0.4) is 0 Å². The number of halogens is 1. The van der Waals surface area contributed by atoms with Crippen molar-refractivity contribution in [1.29, 1.82) is 0 Å². The van der Waals surface area contributed by atoms with Gasteiger partial charge in [0.15, 0.2) is 0 Å². The Morgan fingerprint density at radius 2 is 1.73 bits per heavy atom. The molecule has 0 saturated heterocycles. The standard InChI is InChI=1S/C22H26ClN3O3S/c1-29-19-4-2-17(23)9-20(19)30(27,28)26-18-3-5-21(24-13-18)25-22-10-14-6-15(11-22)8-16(7-14)12-22/h2-5,9,13-16,26H,6-8,10-12H2,1H3,(H,24,25). The van der Waals surface area contributed by atoms with Crippen LogP contribution >= 0.6 is 11.6 Å². The van der Waals surface area contributed by atoms with E-state index in [0.29, 0.717) is 10.7 Å². The number of aromatic nitrogens is 1. The van der Waals surface area contributed by atoms with Gasteiger partial charge >= 0.3 is 0 Å². The van der Waals surface area contributed by atoms with E-state index in [1.807, 2.05) is 6.07 Å². The fourth-order valence-electron chi connectivity index (χ4n) is 6.13. The van der Waals surface area contributed by atoms with Crippen molar-refractivity contribution in [3.05, 3.63) is 41.6 Å². The van der Waals surface area contributed by atoms with Crippen LogP contribution in [-0.4, -0.2) is 26.1 Å². The van der Waals surface area contributed by atoms with Gasteiger partial charge in [0.25, 0.3) is 10.0 Å². The molecule has 6 rings (SSSR count). The molecule has 160 valence electrons. The number of sulfonamides is 1. The highest BCUT2D eigenvalue weighted by Crippen LogP contribution is 2.56. The van der Waals surface area contributed by atoms with Gasteiger partial charge in [-0.05, 0) is 86.6 Å². The number of pyridine rings is 1. The van der Waals surface area contributed by atoms with Gasteiger partial charge in [0, 0.05) is 10.6 Å². The number of benzene rings is 1. The van der Waals surface area contributed by atoms with E-state index in [0.717, 1.165) is 23.6 Å². The minimum Gasteiger partial charge on any atom is -0.495 e. The summed E-state index contributed by atoms with van der Waals surface area (Å²) in [5.74, 6) is 3.59. The molecule has 2 aromatic rings. The summed E-state index contributed by atoms with van der Waals surface area (Å²) in [7, 11) is -2.43. The molecule has 0 atom stereocenters. The van der Waals surface area contributed by atoms with Gasteiger partial charge in [0.1, 0.15) is 16.5 Å². The van der Waals surface area contributed by atoms with E-state index in [2.05, 4.69) is 15.0 Å². The SMILES string of the molecule is COc1ccc(Cl)cc1S(=O)(=O)Nc1ccc(NC23CC4CC(CC(C4)C2)C3)nc1. The predicted octanol–water partition coefficient (Wildman–Crippen LogP) is 4.93. The van der Waals surface area contributed by atoms with Gasteiger partial charge in [-0.15, -0.1) is 0 Å². The highest BCUT2D eigenvalue weighted by atomic mass is 35.5. The van der Waals surface area contributed by atoms with Crippen molar-refractivity contribution < 1.29 is 13.2 Å². The summed E-state index contributed by atoms with van der Waals surface area (Å²) in [5, 5.41) is 4.03. The lowest BCUT2D eigenvalue weighted by Gasteiger charge is -2.57. The summed E-state index contributed by atoms with van der Waals surface area (Å²) in [6, 6.07) is 8.09. The Labute approximate surface area is 182 Å². The second-order valence-corrected chi connectivity index (χ2v) is 11.2. The van der Waals surface area contributed by atoms with Gasteiger partial charge < -0.3 is 10.1 Å². The largest absolute Gasteiger partial charge is 0.495 e. The molecule has 0 radical (unpaired) electrons. The summed E-state index contributed by atoms with van der Waals surface area (Å²) in [5.41, 5.74) is 0.560. The zero-order valence-corrected chi connectivity index (χ0v) is 18.5. The van der Waals surface area contributed by atoms with Crippen molar-refractivity contribution >= 4 is 33.1 Å². The van der Waals surface area contributed by atoms with Crippen LogP contribution in [0.1, 0.15) is 38.5 Å². The Bertz CT molecular complexity index is 1020. The molecule has 0 amide bonds. The molecular weight excluding hydrogens is 422 g/mol. The highest BCUT2D eigenvalue weighted by Gasteiger charge is 2.51. The summed E-state index contributed by atoms with van der Waals surface area (Å²) in [6.45, 7) is 0. The van der Waals surface area contributed by atoms with Crippen molar-refractivity contribution in [2.24, 2.45) is 17.8 Å². The van der Waals surface area contributed by atoms with Crippen LogP contribution in [0.5, 0.6) is 5.75 Å². The van der Waals surface area contributed by atoms with E-state index in [-0.39, 0.29) is 16.2 Å². The molecule has 4 bridgehead atoms. The third kappa shape index (κ3) is 3.73. The van der Waals surface area contributed by atoms with E-state index in [1.165, 1.54) is 57.8 Å². The molecule has 4 saturated carbocycles. The number of nitrogens with one attached hydrogen (secondary N) is 2. The summed E-state index contributed by atoms with van der Waals surface area (Å²) < 4.78 is 33.4. The van der Waals surface area contributed by atoms with E-state index < -0.39 is 10.0 Å². The van der Waals surface area contributed by atoms with E-state index >= 15 is 0 Å². The lowest BCUT2D eigenvalue weighted by Crippen LogP contribution is -2.54. The maximum absolute atomic E-state index is 12.8. The number of methoxy groups -OCH3 is 1. The molecular formula is C22H26ClN3O3S. The van der Waals surface area contributed by atoms with Gasteiger partial charge in [-0.1, -0.05) is 11.6 Å². The monoisotopic (exact) mass is 447 g/mol. The van der Waals surface area contributed by atoms with Crippen molar-refractivity contribution in [2.75, 3.05) is 17.1 Å². The molecule has 30 heavy (non-hydrogen) atoms. The zero-order valence-electron chi connectivity index (χ0n) is 16.9. The average Bonchev–Trinajstić information content (AvgIpc) is 2.68. The maximum atomic E-state index is 12.8. The second-order valence-electron chi connectivity index (χ2n) is 9.16. The molecule has 4 aliphatic carbocycles. The summed E-state index contributed by atoms with van der Waals surface area (Å²) in [6.07, 6.45) is 9.40. The highest BCUT2D eigenvalue weighted by molar-refractivity contribution is 7.92. The van der Waals surface area contributed by atoms with Crippen LogP contribution in [0.25, 0.3) is 0 Å². The number of anilines is 2. The molecule has 0 spiro atoms. The van der Waals surface area contributed by atoms with Crippen molar-refractivity contribution in [3.8, 4) is 5.75 Å². The van der Waals surface area contributed by atoms with Crippen LogP contribution in [0.15, 0.2) is 41.4 Å². The number of hydrogen-bond acceptors (Lipinski definition) is 5. The van der Waals surface area contributed by atoms with Crippen LogP contribution in [0.4, 0.5) is 11.5 Å². The van der Waals surface area contributed by atoms with E-state index in [4.69, 9.17) is 16.3 Å². The van der Waals surface area contributed by atoms with Gasteiger partial charge in [0.2, 0.25) is 0 Å². The molecule has 0 unspecified atom stereocenters. The quantitative estimate of drug-likeness (QED) is 0.656. The maximum Gasteiger partial charge on any atom is 0.265 e. The number of nitrogens with zero attached hydrogens (tertiary/aromatic N) is 1. The topological polar surface area (TPSA) is 80.3 Å². The minimum atomic E-state index is -3.85. The molecule has 0 aliphatic heterocycles. The first-order valence-corrected chi connectivity index (χ1v) is 12.3. The van der Waals surface area contributed by atoms with Crippen molar-refractivity contribution in [2.45, 2.75) is 49.0 Å². The molecule has 1 heterocycles. The Balaban J connectivity index is 1.32. The molecule has 8 heteroatoms. The van der Waals surface area contributed by atoms with Crippen LogP contribution in [0.2, 0.25) is 5.02 Å². The lowest BCUT2D eigenvalue weighted by molar-refractivity contribution is 0.0105. The van der Waals surface area contributed by atoms with Gasteiger partial charge in [-0.25, -0.2) is 13.4 Å². The normalized spacial score (nSPS) is 29.6. The second kappa shape index (κ2) is 7.31. The minimum absolute atomic E-state index is 0.00623. The molecule has 4 aliphatic rings. The van der Waals surface area contributed by atoms with Crippen LogP contribution < -0.4 is 14.8 Å². The van der Waals surface area contributed by atoms with E-state index in [1.54, 1.807) is 18.3 Å². The lowest BCUT2D eigenvalue weighted by atomic mass is 9.53. The Morgan fingerprint density at radius 3 is 2.30 bits per heavy atom. The predicted molar refractivity (Wildman–Crippen MR) is 118 cm³/mol. The first-order valence-electron chi connectivity index (χ1n) is 10.4. The smallest absolute Gasteiger partial charge is 0.265 e. The molecule has 2 N–H and O–H groups in total. The fourth-order valence-corrected chi connectivity index (χ4v) is 7.61. The Kier molecular flexibility index (Phi) is 4.86. The van der Waals surface area contributed by atoms with Gasteiger partial charge in [-0.2, -0.15) is 0 Å². The Morgan fingerprint density at radius 1 is 1.07 bits per heavy atom. The van der Waals surface area contributed by atoms with Crippen molar-refractivity contribution in [3.63, 3.8) is 0 Å². The van der Waals surface area contributed by atoms with Crippen molar-refractivity contribution in [1.82, 2.24) is 4.98 Å². The first-order chi connectivity index (χ1) is 14.3. The summed E-state index contributed by atoms with van der Waals surface area (Å²) >= 11 is 5.98. The number of rotatable bonds is 6. The molecule has 1 aromatic heterocycles. The third-order valence-electron chi connectivity index (χ3n) is 6.86. The average molecular weight is 448 g/mol.